The van der Waals surface area contributed by atoms with Gasteiger partial charge >= 0.3 is 0 Å². The predicted octanol–water partition coefficient (Wildman–Crippen LogP) is 4.60. The molecule has 1 amide bonds. The zero-order valence-corrected chi connectivity index (χ0v) is 19.8. The lowest BCUT2D eigenvalue weighted by molar-refractivity contribution is -0.140. The molecule has 2 heterocycles. The highest BCUT2D eigenvalue weighted by Gasteiger charge is 2.47. The number of Topliss-reactive ketones (excluding diaryl/α,β-unsaturated/α-hetero) is 1. The van der Waals surface area contributed by atoms with Gasteiger partial charge in [0.25, 0.3) is 11.7 Å². The van der Waals surface area contributed by atoms with Crippen LogP contribution in [0.5, 0.6) is 5.75 Å². The number of methoxy groups -OCH3 is 1. The van der Waals surface area contributed by atoms with Crippen molar-refractivity contribution in [2.45, 2.75) is 26.3 Å². The topological polar surface area (TPSA) is 83.2 Å². The van der Waals surface area contributed by atoms with Crippen LogP contribution in [0.25, 0.3) is 16.5 Å². The Morgan fingerprint density at radius 1 is 1.09 bits per heavy atom. The fourth-order valence-corrected chi connectivity index (χ4v) is 4.51. The smallest absolute Gasteiger partial charge is 0.295 e. The van der Waals surface area contributed by atoms with Crippen molar-refractivity contribution >= 4 is 28.2 Å². The number of carbonyl (C=O) groups excluding carboxylic acids is 2. The summed E-state index contributed by atoms with van der Waals surface area (Å²) in [6, 6.07) is 13.7. The quantitative estimate of drug-likeness (QED) is 0.284. The molecule has 34 heavy (non-hydrogen) atoms. The third-order valence-electron chi connectivity index (χ3n) is 6.44. The van der Waals surface area contributed by atoms with E-state index in [2.05, 4.69) is 18.7 Å². The van der Waals surface area contributed by atoms with Crippen molar-refractivity contribution in [2.75, 3.05) is 33.3 Å². The number of hydrogen-bond acceptors (Lipinski definition) is 6. The van der Waals surface area contributed by atoms with E-state index in [1.165, 1.54) is 11.2 Å². The number of aliphatic hydroxyl groups excluding tert-OH is 1. The van der Waals surface area contributed by atoms with Crippen LogP contribution in [0, 0.1) is 0 Å². The second-order valence-corrected chi connectivity index (χ2v) is 8.32. The van der Waals surface area contributed by atoms with Crippen LogP contribution >= 0.6 is 0 Å². The average Bonchev–Trinajstić information content (AvgIpc) is 3.48. The number of likely N-dealkylation sites (tertiary alicyclic amines) is 1. The first kappa shape index (κ1) is 23.6. The molecule has 1 aliphatic rings. The number of hydrogen-bond donors (Lipinski definition) is 1. The SMILES string of the molecule is CCN(CC)CCCN1C(=O)C(=O)/C(=C(/O)c2ccc3cc(OC)ccc3c2)C1c1ccco1. The maximum Gasteiger partial charge on any atom is 0.295 e. The van der Waals surface area contributed by atoms with E-state index in [1.807, 2.05) is 24.3 Å². The van der Waals surface area contributed by atoms with Crippen molar-refractivity contribution in [1.82, 2.24) is 9.80 Å². The zero-order chi connectivity index (χ0) is 24.2. The standard InChI is InChI=1S/C27H30N2O5/c1-4-28(5-2)13-7-14-29-24(22-8-6-15-34-22)23(26(31)27(29)32)25(30)20-10-9-19-17-21(33-3)12-11-18(19)16-20/h6,8-12,15-17,24,30H,4-5,7,13-14H2,1-3H3/b25-23+. The molecular formula is C27H30N2O5. The van der Waals surface area contributed by atoms with Gasteiger partial charge in [-0.1, -0.05) is 32.0 Å². The number of ketones is 1. The second kappa shape index (κ2) is 10.1. The van der Waals surface area contributed by atoms with E-state index in [0.717, 1.165) is 36.2 Å². The van der Waals surface area contributed by atoms with E-state index in [9.17, 15) is 14.7 Å². The molecule has 3 aromatic rings. The number of carbonyl (C=O) groups is 2. The van der Waals surface area contributed by atoms with Crippen LogP contribution in [0.3, 0.4) is 0 Å². The van der Waals surface area contributed by atoms with Gasteiger partial charge in [0.2, 0.25) is 0 Å². The summed E-state index contributed by atoms with van der Waals surface area (Å²) in [6.07, 6.45) is 2.22. The van der Waals surface area contributed by atoms with Crippen molar-refractivity contribution in [1.29, 1.82) is 0 Å². The summed E-state index contributed by atoms with van der Waals surface area (Å²) in [5, 5.41) is 13.1. The second-order valence-electron chi connectivity index (χ2n) is 8.32. The molecule has 1 saturated heterocycles. The highest BCUT2D eigenvalue weighted by molar-refractivity contribution is 6.46. The lowest BCUT2D eigenvalue weighted by atomic mass is 9.97. The normalized spacial score (nSPS) is 17.8. The van der Waals surface area contributed by atoms with E-state index in [1.54, 1.807) is 31.4 Å². The van der Waals surface area contributed by atoms with E-state index >= 15 is 0 Å². The molecular weight excluding hydrogens is 432 g/mol. The first-order chi connectivity index (χ1) is 16.5. The van der Waals surface area contributed by atoms with Crippen LogP contribution in [0.4, 0.5) is 0 Å². The summed E-state index contributed by atoms with van der Waals surface area (Å²) >= 11 is 0. The molecule has 0 saturated carbocycles. The van der Waals surface area contributed by atoms with Gasteiger partial charge in [-0.2, -0.15) is 0 Å². The van der Waals surface area contributed by atoms with Gasteiger partial charge in [-0.25, -0.2) is 0 Å². The minimum absolute atomic E-state index is 0.0515. The van der Waals surface area contributed by atoms with E-state index in [-0.39, 0.29) is 11.3 Å². The number of ether oxygens (including phenoxy) is 1. The van der Waals surface area contributed by atoms with Crippen LogP contribution in [0.1, 0.15) is 37.6 Å². The maximum atomic E-state index is 13.1. The number of amides is 1. The van der Waals surface area contributed by atoms with Crippen molar-refractivity contribution in [2.24, 2.45) is 0 Å². The third-order valence-corrected chi connectivity index (χ3v) is 6.44. The van der Waals surface area contributed by atoms with Crippen LogP contribution in [-0.4, -0.2) is 59.9 Å². The van der Waals surface area contributed by atoms with Crippen molar-refractivity contribution < 1.29 is 23.8 Å². The highest BCUT2D eigenvalue weighted by Crippen LogP contribution is 2.40. The molecule has 2 aromatic carbocycles. The van der Waals surface area contributed by atoms with Crippen LogP contribution in [0.2, 0.25) is 0 Å². The monoisotopic (exact) mass is 462 g/mol. The molecule has 0 spiro atoms. The van der Waals surface area contributed by atoms with Gasteiger partial charge in [-0.05, 0) is 67.2 Å². The van der Waals surface area contributed by atoms with Crippen LogP contribution in [0.15, 0.2) is 64.8 Å². The predicted molar refractivity (Wildman–Crippen MR) is 131 cm³/mol. The molecule has 4 rings (SSSR count). The summed E-state index contributed by atoms with van der Waals surface area (Å²) in [7, 11) is 1.61. The summed E-state index contributed by atoms with van der Waals surface area (Å²) in [4.78, 5) is 29.9. The lowest BCUT2D eigenvalue weighted by Gasteiger charge is -2.25. The zero-order valence-electron chi connectivity index (χ0n) is 19.8. The van der Waals surface area contributed by atoms with Crippen molar-refractivity contribution in [3.63, 3.8) is 0 Å². The molecule has 0 aliphatic carbocycles. The fraction of sp³-hybridized carbons (Fsp3) is 0.333. The Hall–Kier alpha value is -3.58. The Morgan fingerprint density at radius 2 is 1.82 bits per heavy atom. The Bertz CT molecular complexity index is 1210. The Labute approximate surface area is 199 Å². The number of aliphatic hydroxyl groups is 1. The Morgan fingerprint density at radius 3 is 2.50 bits per heavy atom. The van der Waals surface area contributed by atoms with Gasteiger partial charge in [0, 0.05) is 12.1 Å². The molecule has 7 heteroatoms. The summed E-state index contributed by atoms with van der Waals surface area (Å²) < 4.78 is 10.9. The van der Waals surface area contributed by atoms with Gasteiger partial charge in [0.05, 0.1) is 18.9 Å². The van der Waals surface area contributed by atoms with Crippen molar-refractivity contribution in [3.05, 3.63) is 71.7 Å². The molecule has 7 nitrogen and oxygen atoms in total. The fourth-order valence-electron chi connectivity index (χ4n) is 4.51. The molecule has 1 fully saturated rings. The average molecular weight is 463 g/mol. The third kappa shape index (κ3) is 4.43. The number of fused-ring (bicyclic) bond motifs is 1. The number of rotatable bonds is 9. The summed E-state index contributed by atoms with van der Waals surface area (Å²) in [5.41, 5.74) is 0.519. The minimum atomic E-state index is -0.765. The highest BCUT2D eigenvalue weighted by atomic mass is 16.5. The molecule has 0 bridgehead atoms. The first-order valence-corrected chi connectivity index (χ1v) is 11.6. The summed E-state index contributed by atoms with van der Waals surface area (Å²) in [5.74, 6) is -0.333. The first-order valence-electron chi connectivity index (χ1n) is 11.6. The molecule has 1 unspecified atom stereocenters. The molecule has 178 valence electrons. The summed E-state index contributed by atoms with van der Waals surface area (Å²) in [6.45, 7) is 7.24. The van der Waals surface area contributed by atoms with E-state index in [4.69, 9.17) is 9.15 Å². The molecule has 0 radical (unpaired) electrons. The Kier molecular flexibility index (Phi) is 7.03. The van der Waals surface area contributed by atoms with E-state index < -0.39 is 17.7 Å². The minimum Gasteiger partial charge on any atom is -0.507 e. The molecule has 1 aromatic heterocycles. The van der Waals surface area contributed by atoms with Gasteiger partial charge < -0.3 is 24.1 Å². The number of nitrogens with zero attached hydrogens (tertiary/aromatic N) is 2. The van der Waals surface area contributed by atoms with Crippen LogP contribution in [-0.2, 0) is 9.59 Å². The van der Waals surface area contributed by atoms with Gasteiger partial charge in [-0.3, -0.25) is 9.59 Å². The molecule has 1 N–H and O–H groups in total. The Balaban J connectivity index is 1.72. The van der Waals surface area contributed by atoms with Gasteiger partial charge in [0.1, 0.15) is 23.3 Å². The van der Waals surface area contributed by atoms with Gasteiger partial charge in [0.15, 0.2) is 0 Å². The number of benzene rings is 2. The lowest BCUT2D eigenvalue weighted by Crippen LogP contribution is -2.33. The van der Waals surface area contributed by atoms with Gasteiger partial charge in [-0.15, -0.1) is 0 Å². The maximum absolute atomic E-state index is 13.1. The largest absolute Gasteiger partial charge is 0.507 e. The molecule has 1 aliphatic heterocycles. The van der Waals surface area contributed by atoms with E-state index in [0.29, 0.717) is 24.3 Å². The number of furan rings is 1. The molecule has 1 atom stereocenters. The van der Waals surface area contributed by atoms with Crippen molar-refractivity contribution in [3.8, 4) is 5.75 Å². The van der Waals surface area contributed by atoms with Crippen LogP contribution < -0.4 is 4.74 Å².